The number of hydrogen-bond donors (Lipinski definition) is 1. The predicted octanol–water partition coefficient (Wildman–Crippen LogP) is 4.94. The second-order valence-corrected chi connectivity index (χ2v) is 11.5. The smallest absolute Gasteiger partial charge is 0.238 e. The molecular formula is C30H24INO5. The Morgan fingerprint density at radius 1 is 0.946 bits per heavy atom. The lowest BCUT2D eigenvalue weighted by molar-refractivity contribution is -0.123. The average Bonchev–Trinajstić information content (AvgIpc) is 3.13. The Kier molecular flexibility index (Phi) is 5.60. The van der Waals surface area contributed by atoms with Crippen LogP contribution in [-0.4, -0.2) is 28.5 Å². The second kappa shape index (κ2) is 8.62. The monoisotopic (exact) mass is 605 g/mol. The Hall–Kier alpha value is -3.33. The molecule has 2 aromatic rings. The molecule has 0 bridgehead atoms. The van der Waals surface area contributed by atoms with E-state index in [0.717, 1.165) is 14.7 Å². The molecule has 0 unspecified atom stereocenters. The van der Waals surface area contributed by atoms with E-state index in [0.29, 0.717) is 34.4 Å². The molecule has 4 atom stereocenters. The van der Waals surface area contributed by atoms with Gasteiger partial charge in [-0.25, -0.2) is 0 Å². The molecule has 1 N–H and O–H groups in total. The van der Waals surface area contributed by atoms with Crippen LogP contribution in [0, 0.1) is 28.2 Å². The Balaban J connectivity index is 1.49. The van der Waals surface area contributed by atoms with Crippen molar-refractivity contribution in [2.24, 2.45) is 17.8 Å². The first-order chi connectivity index (χ1) is 17.7. The number of ketones is 2. The molecule has 0 aromatic heterocycles. The number of phenolic OH excluding ortho intramolecular Hbond substituents is 1. The fraction of sp³-hybridized carbons (Fsp3) is 0.267. The van der Waals surface area contributed by atoms with E-state index in [4.69, 9.17) is 0 Å². The number of carbonyl (C=O) groups is 4. The van der Waals surface area contributed by atoms with E-state index >= 15 is 0 Å². The SMILES string of the molecule is CC1=CC(=O)C2=C(C[C@@H]3C(=CC[C@@H]4C(=O)N(c5ccc(I)cc5)C(=O)[C@@H]43)[C@@H]2c2ccc(O)c(C)c2)C1=O. The molecule has 6 nitrogen and oxygen atoms in total. The first-order valence-corrected chi connectivity index (χ1v) is 13.4. The average molecular weight is 605 g/mol. The third kappa shape index (κ3) is 3.58. The fourth-order valence-electron chi connectivity index (χ4n) is 6.46. The van der Waals surface area contributed by atoms with Gasteiger partial charge in [-0.2, -0.15) is 0 Å². The second-order valence-electron chi connectivity index (χ2n) is 10.3. The van der Waals surface area contributed by atoms with Crippen LogP contribution < -0.4 is 4.90 Å². The molecule has 3 aliphatic carbocycles. The van der Waals surface area contributed by atoms with Gasteiger partial charge >= 0.3 is 0 Å². The van der Waals surface area contributed by atoms with Crippen molar-refractivity contribution >= 4 is 51.7 Å². The quantitative estimate of drug-likeness (QED) is 0.227. The first kappa shape index (κ1) is 24.0. The molecule has 37 heavy (non-hydrogen) atoms. The summed E-state index contributed by atoms with van der Waals surface area (Å²) in [6, 6.07) is 12.5. The summed E-state index contributed by atoms with van der Waals surface area (Å²) in [5.41, 5.74) is 4.19. The van der Waals surface area contributed by atoms with Gasteiger partial charge in [-0.3, -0.25) is 24.1 Å². The van der Waals surface area contributed by atoms with Gasteiger partial charge in [0.25, 0.3) is 0 Å². The number of anilines is 1. The van der Waals surface area contributed by atoms with Crippen LogP contribution in [0.4, 0.5) is 5.69 Å². The number of carbonyl (C=O) groups excluding carboxylic acids is 4. The molecule has 1 aliphatic heterocycles. The first-order valence-electron chi connectivity index (χ1n) is 12.3. The van der Waals surface area contributed by atoms with Crippen LogP contribution in [0.2, 0.25) is 0 Å². The normalized spacial score (nSPS) is 27.1. The highest BCUT2D eigenvalue weighted by molar-refractivity contribution is 14.1. The van der Waals surface area contributed by atoms with Crippen LogP contribution in [0.25, 0.3) is 0 Å². The van der Waals surface area contributed by atoms with Crippen molar-refractivity contribution < 1.29 is 24.3 Å². The van der Waals surface area contributed by atoms with Crippen LogP contribution >= 0.6 is 22.6 Å². The zero-order chi connectivity index (χ0) is 26.2. The number of aryl methyl sites for hydroxylation is 1. The summed E-state index contributed by atoms with van der Waals surface area (Å²) < 4.78 is 1.00. The molecule has 0 radical (unpaired) electrons. The van der Waals surface area contributed by atoms with Crippen LogP contribution in [0.1, 0.15) is 36.8 Å². The summed E-state index contributed by atoms with van der Waals surface area (Å²) in [5.74, 6) is -2.68. The van der Waals surface area contributed by atoms with Gasteiger partial charge in [0.2, 0.25) is 11.8 Å². The number of Topliss-reactive ketones (excluding diaryl/α,β-unsaturated/α-hetero) is 1. The number of allylic oxidation sites excluding steroid dienone is 6. The van der Waals surface area contributed by atoms with E-state index in [1.807, 2.05) is 24.3 Å². The number of phenols is 1. The number of amides is 2. The Morgan fingerprint density at radius 2 is 1.68 bits per heavy atom. The lowest BCUT2D eigenvalue weighted by Gasteiger charge is -2.42. The maximum absolute atomic E-state index is 13.9. The summed E-state index contributed by atoms with van der Waals surface area (Å²) in [4.78, 5) is 55.3. The Morgan fingerprint density at radius 3 is 2.38 bits per heavy atom. The summed E-state index contributed by atoms with van der Waals surface area (Å²) in [6.07, 6.45) is 4.06. The third-order valence-electron chi connectivity index (χ3n) is 8.20. The van der Waals surface area contributed by atoms with Gasteiger partial charge < -0.3 is 5.11 Å². The molecule has 0 saturated carbocycles. The minimum absolute atomic E-state index is 0.148. The van der Waals surface area contributed by atoms with E-state index < -0.39 is 17.8 Å². The predicted molar refractivity (Wildman–Crippen MR) is 146 cm³/mol. The van der Waals surface area contributed by atoms with Crippen LogP contribution in [0.15, 0.2) is 76.9 Å². The van der Waals surface area contributed by atoms with E-state index in [-0.39, 0.29) is 41.5 Å². The van der Waals surface area contributed by atoms with E-state index in [1.165, 1.54) is 11.0 Å². The van der Waals surface area contributed by atoms with Crippen LogP contribution in [-0.2, 0) is 19.2 Å². The molecule has 1 saturated heterocycles. The van der Waals surface area contributed by atoms with Crippen molar-refractivity contribution in [2.75, 3.05) is 4.90 Å². The number of nitrogens with zero attached hydrogens (tertiary/aromatic N) is 1. The van der Waals surface area contributed by atoms with Gasteiger partial charge in [0.1, 0.15) is 5.75 Å². The van der Waals surface area contributed by atoms with Crippen molar-refractivity contribution in [1.29, 1.82) is 0 Å². The van der Waals surface area contributed by atoms with Gasteiger partial charge in [0.05, 0.1) is 17.5 Å². The van der Waals surface area contributed by atoms with Crippen molar-refractivity contribution in [3.8, 4) is 5.75 Å². The van der Waals surface area contributed by atoms with Gasteiger partial charge in [0.15, 0.2) is 11.6 Å². The molecular weight excluding hydrogens is 581 g/mol. The van der Waals surface area contributed by atoms with Gasteiger partial charge in [-0.05, 0) is 103 Å². The minimum atomic E-state index is -0.601. The lowest BCUT2D eigenvalue weighted by atomic mass is 9.59. The maximum Gasteiger partial charge on any atom is 0.238 e. The molecule has 186 valence electrons. The van der Waals surface area contributed by atoms with Crippen LogP contribution in [0.5, 0.6) is 5.75 Å². The number of hydrogen-bond acceptors (Lipinski definition) is 5. The summed E-state index contributed by atoms with van der Waals surface area (Å²) in [7, 11) is 0. The van der Waals surface area contributed by atoms with Gasteiger partial charge in [0, 0.05) is 26.2 Å². The number of rotatable bonds is 2. The number of benzene rings is 2. The summed E-state index contributed by atoms with van der Waals surface area (Å²) in [5, 5.41) is 10.1. The number of aromatic hydroxyl groups is 1. The molecule has 1 fully saturated rings. The van der Waals surface area contributed by atoms with Gasteiger partial charge in [-0.15, -0.1) is 0 Å². The summed E-state index contributed by atoms with van der Waals surface area (Å²) >= 11 is 2.18. The molecule has 0 spiro atoms. The largest absolute Gasteiger partial charge is 0.508 e. The van der Waals surface area contributed by atoms with E-state index in [9.17, 15) is 24.3 Å². The van der Waals surface area contributed by atoms with E-state index in [1.54, 1.807) is 38.1 Å². The Bertz CT molecular complexity index is 1510. The topological polar surface area (TPSA) is 91.8 Å². The zero-order valence-corrected chi connectivity index (χ0v) is 22.5. The lowest BCUT2D eigenvalue weighted by Crippen LogP contribution is -2.39. The summed E-state index contributed by atoms with van der Waals surface area (Å²) in [6.45, 7) is 3.43. The molecule has 6 rings (SSSR count). The maximum atomic E-state index is 13.9. The standard InChI is InChI=1S/C30H24INO5/c1-14-11-16(3-10-23(14)33)25-19-8-9-20-26(21(19)13-22-27(25)24(34)12-15(2)28(22)35)30(37)32(29(20)36)18-6-4-17(31)5-7-18/h3-8,10-12,20-21,25-26,33H,9,13H2,1-2H3/t20-,21+,25-,26-/m0/s1. The van der Waals surface area contributed by atoms with Crippen LogP contribution in [0.3, 0.4) is 0 Å². The van der Waals surface area contributed by atoms with Crippen molar-refractivity contribution in [3.63, 3.8) is 0 Å². The highest BCUT2D eigenvalue weighted by Crippen LogP contribution is 2.55. The number of imide groups is 1. The third-order valence-corrected chi connectivity index (χ3v) is 8.92. The zero-order valence-electron chi connectivity index (χ0n) is 20.3. The highest BCUT2D eigenvalue weighted by Gasteiger charge is 2.56. The molecule has 7 heteroatoms. The highest BCUT2D eigenvalue weighted by atomic mass is 127. The Labute approximate surface area is 227 Å². The van der Waals surface area contributed by atoms with Crippen molar-refractivity contribution in [3.05, 3.63) is 91.6 Å². The molecule has 1 heterocycles. The van der Waals surface area contributed by atoms with Crippen molar-refractivity contribution in [1.82, 2.24) is 0 Å². The minimum Gasteiger partial charge on any atom is -0.508 e. The molecule has 4 aliphatic rings. The van der Waals surface area contributed by atoms with E-state index in [2.05, 4.69) is 22.6 Å². The number of halogens is 1. The fourth-order valence-corrected chi connectivity index (χ4v) is 6.82. The molecule has 2 aromatic carbocycles. The van der Waals surface area contributed by atoms with Crippen molar-refractivity contribution in [2.45, 2.75) is 32.6 Å². The van der Waals surface area contributed by atoms with Gasteiger partial charge in [-0.1, -0.05) is 23.8 Å². The molecule has 2 amide bonds. The number of fused-ring (bicyclic) bond motifs is 3.